The van der Waals surface area contributed by atoms with E-state index in [0.29, 0.717) is 18.9 Å². The normalized spacial score (nSPS) is 12.8. The molecule has 0 saturated carbocycles. The first-order valence-electron chi connectivity index (χ1n) is 7.10. The van der Waals surface area contributed by atoms with E-state index in [-0.39, 0.29) is 5.97 Å². The molecule has 0 radical (unpaired) electrons. The van der Waals surface area contributed by atoms with E-state index in [0.717, 1.165) is 18.4 Å². The number of carbonyl (C=O) groups excluding carboxylic acids is 1. The van der Waals surface area contributed by atoms with Gasteiger partial charge in [-0.2, -0.15) is 0 Å². The van der Waals surface area contributed by atoms with E-state index < -0.39 is 0 Å². The Bertz CT molecular complexity index is 446. The average Bonchev–Trinajstić information content (AvgIpc) is 2.46. The number of allylic oxidation sites excluding steroid dienone is 3. The van der Waals surface area contributed by atoms with Crippen LogP contribution in [0, 0.1) is 5.92 Å². The van der Waals surface area contributed by atoms with Crippen LogP contribution in [0.1, 0.15) is 32.3 Å². The zero-order chi connectivity index (χ0) is 14.8. The van der Waals surface area contributed by atoms with Crippen molar-refractivity contribution in [3.8, 4) is 0 Å². The van der Waals surface area contributed by atoms with Crippen molar-refractivity contribution in [2.45, 2.75) is 33.1 Å². The van der Waals surface area contributed by atoms with E-state index in [9.17, 15) is 4.79 Å². The summed E-state index contributed by atoms with van der Waals surface area (Å²) < 4.78 is 5.31. The Morgan fingerprint density at radius 1 is 1.35 bits per heavy atom. The van der Waals surface area contributed by atoms with E-state index in [1.807, 2.05) is 43.3 Å². The van der Waals surface area contributed by atoms with Crippen LogP contribution in [0.4, 0.5) is 0 Å². The number of carbonyl (C=O) groups is 1. The molecule has 0 aromatic heterocycles. The van der Waals surface area contributed by atoms with Gasteiger partial charge in [0.05, 0.1) is 13.0 Å². The van der Waals surface area contributed by atoms with Crippen molar-refractivity contribution in [1.82, 2.24) is 0 Å². The Balaban J connectivity index is 2.22. The van der Waals surface area contributed by atoms with Gasteiger partial charge >= 0.3 is 5.97 Å². The molecule has 1 unspecified atom stereocenters. The molecule has 20 heavy (non-hydrogen) atoms. The summed E-state index contributed by atoms with van der Waals surface area (Å²) in [6.07, 6.45) is 6.38. The first kappa shape index (κ1) is 16.2. The molecule has 0 aliphatic heterocycles. The van der Waals surface area contributed by atoms with Crippen LogP contribution in [0.15, 0.2) is 54.6 Å². The second kappa shape index (κ2) is 9.13. The van der Waals surface area contributed by atoms with Crippen LogP contribution >= 0.6 is 0 Å². The van der Waals surface area contributed by atoms with Gasteiger partial charge in [-0.25, -0.2) is 0 Å². The predicted octanol–water partition coefficient (Wildman–Crippen LogP) is 4.32. The second-order valence-electron chi connectivity index (χ2n) is 5.18. The third-order valence-electron chi connectivity index (χ3n) is 3.17. The second-order valence-corrected chi connectivity index (χ2v) is 5.18. The Morgan fingerprint density at radius 2 is 2.05 bits per heavy atom. The highest BCUT2D eigenvalue weighted by Gasteiger charge is 2.07. The van der Waals surface area contributed by atoms with Crippen LogP contribution in [0.5, 0.6) is 0 Å². The van der Waals surface area contributed by atoms with Crippen LogP contribution < -0.4 is 0 Å². The molecule has 0 amide bonds. The fourth-order valence-electron chi connectivity index (χ4n) is 1.81. The fourth-order valence-corrected chi connectivity index (χ4v) is 1.81. The molecule has 0 fully saturated rings. The molecule has 0 heterocycles. The highest BCUT2D eigenvalue weighted by molar-refractivity contribution is 5.72. The topological polar surface area (TPSA) is 26.3 Å². The van der Waals surface area contributed by atoms with Gasteiger partial charge in [-0.1, -0.05) is 61.6 Å². The molecule has 2 nitrogen and oxygen atoms in total. The third kappa shape index (κ3) is 6.93. The maximum Gasteiger partial charge on any atom is 0.310 e. The summed E-state index contributed by atoms with van der Waals surface area (Å²) in [6, 6.07) is 9.68. The van der Waals surface area contributed by atoms with Gasteiger partial charge in [0.2, 0.25) is 0 Å². The standard InChI is InChI=1S/C18H24O2/c1-4-15(2)9-8-10-16(3)14-20-18(19)13-17-11-6-5-7-12-17/h4-7,9,11-12,16H,1,8,10,13-14H2,2-3H3/b15-9+. The van der Waals surface area contributed by atoms with Crippen LogP contribution in [0.3, 0.4) is 0 Å². The SMILES string of the molecule is C=C/C(C)=C/CCC(C)COC(=O)Cc1ccccc1. The average molecular weight is 272 g/mol. The summed E-state index contributed by atoms with van der Waals surface area (Å²) in [5, 5.41) is 0. The lowest BCUT2D eigenvalue weighted by atomic mass is 10.1. The van der Waals surface area contributed by atoms with Crippen molar-refractivity contribution < 1.29 is 9.53 Å². The predicted molar refractivity (Wildman–Crippen MR) is 83.5 cm³/mol. The minimum absolute atomic E-state index is 0.152. The number of rotatable bonds is 8. The van der Waals surface area contributed by atoms with Crippen molar-refractivity contribution in [2.75, 3.05) is 6.61 Å². The van der Waals surface area contributed by atoms with Gasteiger partial charge in [-0.05, 0) is 31.2 Å². The largest absolute Gasteiger partial charge is 0.465 e. The van der Waals surface area contributed by atoms with Gasteiger partial charge in [0.25, 0.3) is 0 Å². The smallest absolute Gasteiger partial charge is 0.310 e. The van der Waals surface area contributed by atoms with Crippen LogP contribution in [0.2, 0.25) is 0 Å². The quantitative estimate of drug-likeness (QED) is 0.520. The third-order valence-corrected chi connectivity index (χ3v) is 3.17. The Morgan fingerprint density at radius 3 is 2.70 bits per heavy atom. The van der Waals surface area contributed by atoms with E-state index >= 15 is 0 Å². The Labute approximate surface area is 122 Å². The van der Waals surface area contributed by atoms with Crippen LogP contribution in [-0.4, -0.2) is 12.6 Å². The van der Waals surface area contributed by atoms with Crippen molar-refractivity contribution in [3.05, 3.63) is 60.2 Å². The molecule has 2 heteroatoms. The lowest BCUT2D eigenvalue weighted by molar-refractivity contribution is -0.144. The van der Waals surface area contributed by atoms with Gasteiger partial charge in [0.1, 0.15) is 0 Å². The first-order valence-corrected chi connectivity index (χ1v) is 7.10. The van der Waals surface area contributed by atoms with E-state index in [1.165, 1.54) is 5.57 Å². The molecule has 0 aliphatic rings. The molecule has 0 bridgehead atoms. The number of benzene rings is 1. The Hall–Kier alpha value is -1.83. The molecule has 0 aliphatic carbocycles. The lowest BCUT2D eigenvalue weighted by Gasteiger charge is -2.11. The van der Waals surface area contributed by atoms with Crippen molar-refractivity contribution in [1.29, 1.82) is 0 Å². The molecule has 108 valence electrons. The summed E-state index contributed by atoms with van der Waals surface area (Å²) in [7, 11) is 0. The molecular formula is C18H24O2. The summed E-state index contributed by atoms with van der Waals surface area (Å²) in [5.74, 6) is 0.226. The molecule has 0 spiro atoms. The maximum absolute atomic E-state index is 11.7. The van der Waals surface area contributed by atoms with Crippen LogP contribution in [0.25, 0.3) is 0 Å². The zero-order valence-corrected chi connectivity index (χ0v) is 12.5. The summed E-state index contributed by atoms with van der Waals surface area (Å²) >= 11 is 0. The molecule has 0 N–H and O–H groups in total. The number of hydrogen-bond acceptors (Lipinski definition) is 2. The number of hydrogen-bond donors (Lipinski definition) is 0. The molecule has 1 aromatic carbocycles. The Kier molecular flexibility index (Phi) is 7.41. The molecule has 0 saturated heterocycles. The zero-order valence-electron chi connectivity index (χ0n) is 12.5. The van der Waals surface area contributed by atoms with E-state index in [1.54, 1.807) is 0 Å². The van der Waals surface area contributed by atoms with Gasteiger partial charge in [-0.15, -0.1) is 0 Å². The van der Waals surface area contributed by atoms with Gasteiger partial charge in [-0.3, -0.25) is 4.79 Å². The maximum atomic E-state index is 11.7. The molecule has 1 rings (SSSR count). The monoisotopic (exact) mass is 272 g/mol. The minimum Gasteiger partial charge on any atom is -0.465 e. The van der Waals surface area contributed by atoms with Crippen molar-refractivity contribution in [3.63, 3.8) is 0 Å². The van der Waals surface area contributed by atoms with Crippen molar-refractivity contribution in [2.24, 2.45) is 5.92 Å². The lowest BCUT2D eigenvalue weighted by Crippen LogP contribution is -2.13. The van der Waals surface area contributed by atoms with Crippen molar-refractivity contribution >= 4 is 5.97 Å². The molecule has 1 aromatic rings. The highest BCUT2D eigenvalue weighted by Crippen LogP contribution is 2.09. The minimum atomic E-state index is -0.152. The van der Waals surface area contributed by atoms with E-state index in [2.05, 4.69) is 19.6 Å². The van der Waals surface area contributed by atoms with Gasteiger partial charge in [0.15, 0.2) is 0 Å². The molecule has 1 atom stereocenters. The summed E-state index contributed by atoms with van der Waals surface area (Å²) in [4.78, 5) is 11.7. The number of ether oxygens (including phenoxy) is 1. The first-order chi connectivity index (χ1) is 9.61. The van der Waals surface area contributed by atoms with Gasteiger partial charge < -0.3 is 4.74 Å². The van der Waals surface area contributed by atoms with Crippen LogP contribution in [-0.2, 0) is 16.0 Å². The fraction of sp³-hybridized carbons (Fsp3) is 0.389. The van der Waals surface area contributed by atoms with E-state index in [4.69, 9.17) is 4.74 Å². The van der Waals surface area contributed by atoms with Gasteiger partial charge in [0, 0.05) is 0 Å². The number of esters is 1. The molecular weight excluding hydrogens is 248 g/mol. The summed E-state index contributed by atoms with van der Waals surface area (Å²) in [5.41, 5.74) is 2.19. The summed E-state index contributed by atoms with van der Waals surface area (Å²) in [6.45, 7) is 8.36. The highest BCUT2D eigenvalue weighted by atomic mass is 16.5.